The second kappa shape index (κ2) is 12.2. The molecular weight excluding hydrogens is 518 g/mol. The molecule has 12 heteroatoms. The zero-order valence-corrected chi connectivity index (χ0v) is 22.0. The molecule has 4 aromatic rings. The van der Waals surface area contributed by atoms with Gasteiger partial charge in [-0.25, -0.2) is 9.48 Å². The number of nitro groups is 1. The van der Waals surface area contributed by atoms with Gasteiger partial charge in [0.1, 0.15) is 17.5 Å². The van der Waals surface area contributed by atoms with Crippen LogP contribution in [0.2, 0.25) is 0 Å². The number of aryl methyl sites for hydroxylation is 1. The lowest BCUT2D eigenvalue weighted by atomic mass is 10.0. The van der Waals surface area contributed by atoms with E-state index in [0.29, 0.717) is 11.3 Å². The zero-order valence-electron chi connectivity index (χ0n) is 22.0. The van der Waals surface area contributed by atoms with Crippen LogP contribution in [0, 0.1) is 17.0 Å². The van der Waals surface area contributed by atoms with Crippen molar-refractivity contribution in [3.63, 3.8) is 0 Å². The number of hydrogen-bond acceptors (Lipinski definition) is 9. The summed E-state index contributed by atoms with van der Waals surface area (Å²) in [7, 11) is 1.54. The minimum Gasteiger partial charge on any atom is -0.497 e. The maximum absolute atomic E-state index is 12.9. The summed E-state index contributed by atoms with van der Waals surface area (Å²) in [5.41, 5.74) is 1.31. The van der Waals surface area contributed by atoms with Crippen molar-refractivity contribution in [1.29, 1.82) is 0 Å². The van der Waals surface area contributed by atoms with Crippen LogP contribution in [-0.4, -0.2) is 50.6 Å². The van der Waals surface area contributed by atoms with E-state index >= 15 is 0 Å². The van der Waals surface area contributed by atoms with E-state index in [2.05, 4.69) is 15.6 Å². The van der Waals surface area contributed by atoms with Crippen molar-refractivity contribution in [2.45, 2.75) is 26.5 Å². The number of anilines is 1. The van der Waals surface area contributed by atoms with Crippen molar-refractivity contribution in [1.82, 2.24) is 15.0 Å². The molecule has 0 aliphatic carbocycles. The number of methoxy groups -OCH3 is 1. The summed E-state index contributed by atoms with van der Waals surface area (Å²) >= 11 is 0. The quantitative estimate of drug-likeness (QED) is 0.170. The van der Waals surface area contributed by atoms with Crippen molar-refractivity contribution in [3.8, 4) is 5.75 Å². The predicted molar refractivity (Wildman–Crippen MR) is 144 cm³/mol. The SMILES string of the molecule is CCOC(=O)c1c(C(O)c2ccc(NC(=O)c3ccc(C)cc3)cc2[N+](=O)[O-])nnn1Cc1ccc(OC)cc1. The Balaban J connectivity index is 1.66. The number of aliphatic hydroxyl groups excluding tert-OH is 1. The number of hydrogen-bond donors (Lipinski definition) is 2. The monoisotopic (exact) mass is 545 g/mol. The lowest BCUT2D eigenvalue weighted by Gasteiger charge is -2.13. The highest BCUT2D eigenvalue weighted by Gasteiger charge is 2.32. The summed E-state index contributed by atoms with van der Waals surface area (Å²) in [5.74, 6) is -0.594. The lowest BCUT2D eigenvalue weighted by molar-refractivity contribution is -0.386. The second-order valence-corrected chi connectivity index (χ2v) is 8.80. The van der Waals surface area contributed by atoms with Crippen molar-refractivity contribution in [3.05, 3.63) is 110 Å². The van der Waals surface area contributed by atoms with Gasteiger partial charge in [0, 0.05) is 17.3 Å². The fraction of sp³-hybridized carbons (Fsp3) is 0.214. The molecule has 0 aliphatic heterocycles. The van der Waals surface area contributed by atoms with Crippen LogP contribution < -0.4 is 10.1 Å². The normalized spacial score (nSPS) is 11.5. The highest BCUT2D eigenvalue weighted by Crippen LogP contribution is 2.33. The molecule has 0 radical (unpaired) electrons. The average molecular weight is 546 g/mol. The maximum Gasteiger partial charge on any atom is 0.358 e. The Kier molecular flexibility index (Phi) is 8.50. The number of ether oxygens (including phenoxy) is 2. The van der Waals surface area contributed by atoms with Gasteiger partial charge in [-0.3, -0.25) is 14.9 Å². The fourth-order valence-electron chi connectivity index (χ4n) is 4.00. The smallest absolute Gasteiger partial charge is 0.358 e. The summed E-state index contributed by atoms with van der Waals surface area (Å²) in [6.07, 6.45) is -1.69. The summed E-state index contributed by atoms with van der Waals surface area (Å²) in [6, 6.07) is 17.7. The number of aromatic nitrogens is 3. The van der Waals surface area contributed by atoms with Gasteiger partial charge < -0.3 is 19.9 Å². The van der Waals surface area contributed by atoms with Crippen LogP contribution in [-0.2, 0) is 11.3 Å². The number of nitrogens with one attached hydrogen (secondary N) is 1. The first kappa shape index (κ1) is 27.9. The van der Waals surface area contributed by atoms with Crippen LogP contribution in [0.3, 0.4) is 0 Å². The number of carbonyl (C=O) groups is 2. The largest absolute Gasteiger partial charge is 0.497 e. The van der Waals surface area contributed by atoms with Gasteiger partial charge in [-0.05, 0) is 55.8 Å². The van der Waals surface area contributed by atoms with E-state index in [1.54, 1.807) is 62.6 Å². The van der Waals surface area contributed by atoms with Crippen LogP contribution in [0.25, 0.3) is 0 Å². The van der Waals surface area contributed by atoms with E-state index < -0.39 is 28.6 Å². The predicted octanol–water partition coefficient (Wildman–Crippen LogP) is 4.06. The first-order valence-electron chi connectivity index (χ1n) is 12.3. The molecule has 0 spiro atoms. The van der Waals surface area contributed by atoms with Crippen molar-refractivity contribution in [2.75, 3.05) is 19.0 Å². The number of amides is 1. The molecule has 0 fully saturated rings. The Labute approximate surface area is 229 Å². The number of nitrogens with zero attached hydrogens (tertiary/aromatic N) is 4. The maximum atomic E-state index is 12.9. The third kappa shape index (κ3) is 6.13. The van der Waals surface area contributed by atoms with Gasteiger partial charge in [0.15, 0.2) is 5.69 Å². The van der Waals surface area contributed by atoms with Crippen LogP contribution >= 0.6 is 0 Å². The van der Waals surface area contributed by atoms with Gasteiger partial charge in [-0.2, -0.15) is 0 Å². The first-order chi connectivity index (χ1) is 19.2. The van der Waals surface area contributed by atoms with Crippen LogP contribution in [0.5, 0.6) is 5.75 Å². The van der Waals surface area contributed by atoms with Crippen LogP contribution in [0.4, 0.5) is 11.4 Å². The van der Waals surface area contributed by atoms with Gasteiger partial charge in [-0.15, -0.1) is 5.10 Å². The Morgan fingerprint density at radius 2 is 1.80 bits per heavy atom. The van der Waals surface area contributed by atoms with E-state index in [1.807, 2.05) is 6.92 Å². The molecule has 1 unspecified atom stereocenters. The topological polar surface area (TPSA) is 159 Å². The molecule has 40 heavy (non-hydrogen) atoms. The molecule has 0 bridgehead atoms. The summed E-state index contributed by atoms with van der Waals surface area (Å²) < 4.78 is 11.6. The first-order valence-corrected chi connectivity index (χ1v) is 12.3. The van der Waals surface area contributed by atoms with Gasteiger partial charge in [0.2, 0.25) is 0 Å². The Morgan fingerprint density at radius 1 is 1.10 bits per heavy atom. The molecule has 0 aliphatic rings. The minimum absolute atomic E-state index is 0.0532. The molecule has 2 N–H and O–H groups in total. The van der Waals surface area contributed by atoms with E-state index in [4.69, 9.17) is 9.47 Å². The summed E-state index contributed by atoms with van der Waals surface area (Å²) in [6.45, 7) is 3.68. The molecule has 3 aromatic carbocycles. The molecule has 1 atom stereocenters. The van der Waals surface area contributed by atoms with E-state index in [-0.39, 0.29) is 35.8 Å². The molecule has 4 rings (SSSR count). The number of aliphatic hydroxyl groups is 1. The third-order valence-corrected chi connectivity index (χ3v) is 6.07. The van der Waals surface area contributed by atoms with Gasteiger partial charge in [0.05, 0.1) is 30.7 Å². The highest BCUT2D eigenvalue weighted by molar-refractivity contribution is 6.04. The molecule has 1 amide bonds. The summed E-state index contributed by atoms with van der Waals surface area (Å²) in [4.78, 5) is 36.8. The number of benzene rings is 3. The van der Waals surface area contributed by atoms with Gasteiger partial charge >= 0.3 is 5.97 Å². The molecule has 206 valence electrons. The zero-order chi connectivity index (χ0) is 28.8. The third-order valence-electron chi connectivity index (χ3n) is 6.07. The lowest BCUT2D eigenvalue weighted by Crippen LogP contribution is -2.18. The molecule has 0 saturated carbocycles. The van der Waals surface area contributed by atoms with Crippen LogP contribution in [0.1, 0.15) is 56.3 Å². The van der Waals surface area contributed by atoms with Crippen molar-refractivity contribution < 1.29 is 29.1 Å². The van der Waals surface area contributed by atoms with E-state index in [1.165, 1.54) is 16.8 Å². The number of rotatable bonds is 10. The number of carbonyl (C=O) groups excluding carboxylic acids is 2. The molecule has 1 aromatic heterocycles. The number of nitro benzene ring substituents is 1. The molecule has 1 heterocycles. The second-order valence-electron chi connectivity index (χ2n) is 8.80. The van der Waals surface area contributed by atoms with Gasteiger partial charge in [-0.1, -0.05) is 35.0 Å². The van der Waals surface area contributed by atoms with Gasteiger partial charge in [0.25, 0.3) is 11.6 Å². The Morgan fingerprint density at radius 3 is 2.42 bits per heavy atom. The van der Waals surface area contributed by atoms with Crippen molar-refractivity contribution >= 4 is 23.3 Å². The van der Waals surface area contributed by atoms with Crippen molar-refractivity contribution in [2.24, 2.45) is 0 Å². The minimum atomic E-state index is -1.69. The Hall–Kier alpha value is -5.10. The number of esters is 1. The Bertz CT molecular complexity index is 1530. The fourth-order valence-corrected chi connectivity index (χ4v) is 4.00. The van der Waals surface area contributed by atoms with E-state index in [9.17, 15) is 24.8 Å². The molecular formula is C28H27N5O7. The van der Waals surface area contributed by atoms with E-state index in [0.717, 1.165) is 17.2 Å². The molecule has 12 nitrogen and oxygen atoms in total. The van der Waals surface area contributed by atoms with Crippen LogP contribution in [0.15, 0.2) is 66.7 Å². The molecule has 0 saturated heterocycles. The highest BCUT2D eigenvalue weighted by atomic mass is 16.6. The standard InChI is InChI=1S/C28H27N5O7/c1-4-40-28(36)25-24(30-31-32(25)16-18-7-12-21(39-3)13-8-18)26(34)22-14-11-20(15-23(22)33(37)38)29-27(35)19-9-5-17(2)6-10-19/h5-15,26,34H,4,16H2,1-3H3,(H,29,35). The summed E-state index contributed by atoms with van der Waals surface area (Å²) in [5, 5.41) is 33.8. The average Bonchev–Trinajstić information content (AvgIpc) is 3.37.